The molecule has 5 nitrogen and oxygen atoms in total. The molecule has 3 aromatic rings. The maximum Gasteiger partial charge on any atom is 0.255 e. The molecule has 0 aliphatic carbocycles. The molecule has 0 aromatic carbocycles. The Morgan fingerprint density at radius 2 is 2.35 bits per heavy atom. The Morgan fingerprint density at radius 3 is 3.10 bits per heavy atom. The first-order chi connectivity index (χ1) is 9.65. The van der Waals surface area contributed by atoms with Crippen molar-refractivity contribution in [1.29, 1.82) is 0 Å². The summed E-state index contributed by atoms with van der Waals surface area (Å²) in [6, 6.07) is 6.36. The van der Waals surface area contributed by atoms with Crippen LogP contribution in [0.15, 0.2) is 29.9 Å². The molecule has 3 aromatic heterocycles. The Bertz CT molecular complexity index is 709. The third kappa shape index (κ3) is 2.48. The van der Waals surface area contributed by atoms with Crippen molar-refractivity contribution in [2.24, 2.45) is 0 Å². The quantitative estimate of drug-likeness (QED) is 0.695. The van der Waals surface area contributed by atoms with E-state index in [4.69, 9.17) is 11.6 Å². The van der Waals surface area contributed by atoms with Crippen molar-refractivity contribution in [2.45, 2.75) is 19.4 Å². The average Bonchev–Trinajstić information content (AvgIpc) is 3.07. The predicted octanol–water partition coefficient (Wildman–Crippen LogP) is 2.91. The molecular weight excluding hydrogens is 294 g/mol. The monoisotopic (exact) mass is 307 g/mol. The van der Waals surface area contributed by atoms with E-state index in [9.17, 15) is 0 Å². The summed E-state index contributed by atoms with van der Waals surface area (Å²) in [6.45, 7) is 2.18. The fraction of sp³-hybridized carbons (Fsp3) is 0.308. The Morgan fingerprint density at radius 1 is 1.50 bits per heavy atom. The van der Waals surface area contributed by atoms with Crippen LogP contribution in [0.2, 0.25) is 5.15 Å². The van der Waals surface area contributed by atoms with E-state index in [0.29, 0.717) is 17.0 Å². The van der Waals surface area contributed by atoms with Gasteiger partial charge < -0.3 is 4.90 Å². The van der Waals surface area contributed by atoms with Gasteiger partial charge in [0.1, 0.15) is 17.3 Å². The molecule has 0 N–H and O–H groups in total. The van der Waals surface area contributed by atoms with Crippen LogP contribution < -0.4 is 4.90 Å². The van der Waals surface area contributed by atoms with Crippen LogP contribution in [-0.2, 0) is 6.42 Å². The molecule has 0 spiro atoms. The first kappa shape index (κ1) is 13.3. The van der Waals surface area contributed by atoms with Crippen LogP contribution in [0.1, 0.15) is 11.8 Å². The van der Waals surface area contributed by atoms with E-state index in [1.165, 1.54) is 11.2 Å². The second kappa shape index (κ2) is 5.38. The number of likely N-dealkylation sites (N-methyl/N-ethyl adjacent to an activating group) is 1. The van der Waals surface area contributed by atoms with E-state index < -0.39 is 0 Å². The summed E-state index contributed by atoms with van der Waals surface area (Å²) in [7, 11) is 2.03. The van der Waals surface area contributed by atoms with Crippen molar-refractivity contribution in [3.63, 3.8) is 0 Å². The van der Waals surface area contributed by atoms with Crippen molar-refractivity contribution < 1.29 is 0 Å². The van der Waals surface area contributed by atoms with Crippen LogP contribution >= 0.6 is 22.9 Å². The van der Waals surface area contributed by atoms with Gasteiger partial charge in [0.2, 0.25) is 0 Å². The molecule has 104 valence electrons. The van der Waals surface area contributed by atoms with Gasteiger partial charge in [0.05, 0.1) is 0 Å². The van der Waals surface area contributed by atoms with Crippen LogP contribution in [0.3, 0.4) is 0 Å². The Labute approximate surface area is 125 Å². The summed E-state index contributed by atoms with van der Waals surface area (Å²) in [4.78, 5) is 11.7. The summed E-state index contributed by atoms with van der Waals surface area (Å²) in [5.41, 5.74) is 0. The van der Waals surface area contributed by atoms with Crippen LogP contribution in [-0.4, -0.2) is 32.7 Å². The van der Waals surface area contributed by atoms with Gasteiger partial charge in [0.25, 0.3) is 5.78 Å². The molecule has 0 amide bonds. The predicted molar refractivity (Wildman–Crippen MR) is 81.7 cm³/mol. The summed E-state index contributed by atoms with van der Waals surface area (Å²) < 4.78 is 1.71. The number of aromatic nitrogens is 4. The van der Waals surface area contributed by atoms with Gasteiger partial charge in [-0.25, -0.2) is 0 Å². The molecule has 1 unspecified atom stereocenters. The zero-order valence-corrected chi connectivity index (χ0v) is 12.8. The van der Waals surface area contributed by atoms with Gasteiger partial charge in [-0.3, -0.25) is 0 Å². The normalized spacial score (nSPS) is 12.8. The fourth-order valence-electron chi connectivity index (χ4n) is 2.10. The molecule has 0 radical (unpaired) electrons. The number of hydrogen-bond donors (Lipinski definition) is 0. The largest absolute Gasteiger partial charge is 0.356 e. The van der Waals surface area contributed by atoms with Gasteiger partial charge in [-0.2, -0.15) is 19.6 Å². The molecule has 0 aliphatic rings. The zero-order chi connectivity index (χ0) is 14.1. The average molecular weight is 308 g/mol. The van der Waals surface area contributed by atoms with E-state index in [0.717, 1.165) is 12.2 Å². The van der Waals surface area contributed by atoms with Crippen molar-refractivity contribution in [3.8, 4) is 0 Å². The van der Waals surface area contributed by atoms with Crippen molar-refractivity contribution in [3.05, 3.63) is 39.9 Å². The Hall–Kier alpha value is -1.66. The molecule has 0 saturated carbocycles. The Kier molecular flexibility index (Phi) is 3.58. The number of nitrogens with zero attached hydrogens (tertiary/aromatic N) is 5. The van der Waals surface area contributed by atoms with E-state index in [-0.39, 0.29) is 0 Å². The Balaban J connectivity index is 1.91. The van der Waals surface area contributed by atoms with Crippen molar-refractivity contribution in [1.82, 2.24) is 19.6 Å². The molecular formula is C13H14ClN5S. The number of halogens is 1. The van der Waals surface area contributed by atoms with Gasteiger partial charge in [-0.15, -0.1) is 11.3 Å². The maximum atomic E-state index is 6.06. The summed E-state index contributed by atoms with van der Waals surface area (Å²) in [5.74, 6) is 1.41. The molecule has 0 fully saturated rings. The highest BCUT2D eigenvalue weighted by Gasteiger charge is 2.16. The van der Waals surface area contributed by atoms with E-state index in [2.05, 4.69) is 44.4 Å². The minimum absolute atomic E-state index is 0.319. The lowest BCUT2D eigenvalue weighted by Crippen LogP contribution is -2.32. The van der Waals surface area contributed by atoms with Crippen molar-refractivity contribution in [2.75, 3.05) is 11.9 Å². The van der Waals surface area contributed by atoms with Gasteiger partial charge in [0.15, 0.2) is 0 Å². The minimum Gasteiger partial charge on any atom is -0.356 e. The molecule has 20 heavy (non-hydrogen) atoms. The molecule has 3 rings (SSSR count). The SMILES string of the molecule is CC(Cc1cccs1)N(C)c1cc(Cl)nc2ncnn12. The van der Waals surface area contributed by atoms with E-state index in [1.54, 1.807) is 15.9 Å². The third-order valence-electron chi connectivity index (χ3n) is 3.30. The maximum absolute atomic E-state index is 6.06. The first-order valence-electron chi connectivity index (χ1n) is 6.26. The lowest BCUT2D eigenvalue weighted by Gasteiger charge is -2.26. The summed E-state index contributed by atoms with van der Waals surface area (Å²) >= 11 is 7.83. The molecule has 0 aliphatic heterocycles. The summed E-state index contributed by atoms with van der Waals surface area (Å²) in [6.07, 6.45) is 2.46. The third-order valence-corrected chi connectivity index (χ3v) is 4.39. The topological polar surface area (TPSA) is 46.3 Å². The highest BCUT2D eigenvalue weighted by molar-refractivity contribution is 7.09. The zero-order valence-electron chi connectivity index (χ0n) is 11.2. The van der Waals surface area contributed by atoms with Crippen molar-refractivity contribution >= 4 is 34.5 Å². The van der Waals surface area contributed by atoms with E-state index >= 15 is 0 Å². The smallest absolute Gasteiger partial charge is 0.255 e. The number of fused-ring (bicyclic) bond motifs is 1. The summed E-state index contributed by atoms with van der Waals surface area (Å²) in [5, 5.41) is 6.73. The van der Waals surface area contributed by atoms with Gasteiger partial charge in [-0.1, -0.05) is 17.7 Å². The number of anilines is 1. The number of hydrogen-bond acceptors (Lipinski definition) is 5. The lowest BCUT2D eigenvalue weighted by molar-refractivity contribution is 0.668. The van der Waals surface area contributed by atoms with Crippen LogP contribution in [0.25, 0.3) is 5.78 Å². The highest BCUT2D eigenvalue weighted by Crippen LogP contribution is 2.22. The second-order valence-corrected chi connectivity index (χ2v) is 6.07. The highest BCUT2D eigenvalue weighted by atomic mass is 35.5. The molecule has 7 heteroatoms. The van der Waals surface area contributed by atoms with Gasteiger partial charge in [0, 0.05) is 30.5 Å². The lowest BCUT2D eigenvalue weighted by atomic mass is 10.2. The first-order valence-corrected chi connectivity index (χ1v) is 7.52. The number of thiophene rings is 1. The van der Waals surface area contributed by atoms with Gasteiger partial charge in [-0.05, 0) is 18.4 Å². The molecule has 3 heterocycles. The van der Waals surface area contributed by atoms with Gasteiger partial charge >= 0.3 is 0 Å². The standard InChI is InChI=1S/C13H14ClN5S/c1-9(6-10-4-3-5-20-10)18(2)12-7-11(14)17-13-15-8-16-19(12)13/h3-5,7-9H,6H2,1-2H3. The minimum atomic E-state index is 0.319. The number of rotatable bonds is 4. The fourth-order valence-corrected chi connectivity index (χ4v) is 3.10. The molecule has 0 saturated heterocycles. The molecule has 0 bridgehead atoms. The van der Waals surface area contributed by atoms with E-state index in [1.807, 2.05) is 13.1 Å². The van der Waals surface area contributed by atoms with Crippen LogP contribution in [0, 0.1) is 0 Å². The molecule has 1 atom stereocenters. The van der Waals surface area contributed by atoms with Crippen LogP contribution in [0.5, 0.6) is 0 Å². The van der Waals surface area contributed by atoms with Crippen LogP contribution in [0.4, 0.5) is 5.82 Å². The second-order valence-electron chi connectivity index (χ2n) is 4.65.